The van der Waals surface area contributed by atoms with Crippen LogP contribution in [0.25, 0.3) is 5.65 Å². The van der Waals surface area contributed by atoms with Crippen LogP contribution in [0.2, 0.25) is 0 Å². The number of likely N-dealkylation sites (tertiary alicyclic amines) is 1. The van der Waals surface area contributed by atoms with E-state index in [1.807, 2.05) is 52.0 Å². The van der Waals surface area contributed by atoms with Crippen LogP contribution >= 0.6 is 0 Å². The number of carbonyl (C=O) groups is 1. The smallest absolute Gasteiger partial charge is 0.228 e. The van der Waals surface area contributed by atoms with Crippen molar-refractivity contribution in [3.05, 3.63) is 54.6 Å². The van der Waals surface area contributed by atoms with E-state index in [9.17, 15) is 4.79 Å². The molecule has 3 aromatic heterocycles. The highest BCUT2D eigenvalue weighted by molar-refractivity contribution is 5.78. The number of nitrogens with zero attached hydrogens (tertiary/aromatic N) is 5. The fourth-order valence-corrected chi connectivity index (χ4v) is 3.20. The van der Waals surface area contributed by atoms with Gasteiger partial charge in [-0.15, -0.1) is 5.10 Å². The lowest BCUT2D eigenvalue weighted by Gasteiger charge is -2.32. The van der Waals surface area contributed by atoms with Crippen molar-refractivity contribution in [2.75, 3.05) is 18.4 Å². The summed E-state index contributed by atoms with van der Waals surface area (Å²) < 4.78 is 1.94. The number of amides is 1. The fourth-order valence-electron chi connectivity index (χ4n) is 3.20. The predicted molar refractivity (Wildman–Crippen MR) is 94.2 cm³/mol. The summed E-state index contributed by atoms with van der Waals surface area (Å²) in [6.45, 7) is 1.51. The Morgan fingerprint density at radius 3 is 2.84 bits per heavy atom. The Bertz CT molecular complexity index is 821. The molecule has 1 fully saturated rings. The normalized spacial score (nSPS) is 15.4. The molecule has 7 heteroatoms. The number of aromatic nitrogens is 4. The van der Waals surface area contributed by atoms with Crippen molar-refractivity contribution < 1.29 is 4.79 Å². The maximum Gasteiger partial charge on any atom is 0.228 e. The first-order valence-corrected chi connectivity index (χ1v) is 8.52. The molecule has 0 spiro atoms. The zero-order valence-corrected chi connectivity index (χ0v) is 13.9. The molecule has 25 heavy (non-hydrogen) atoms. The summed E-state index contributed by atoms with van der Waals surface area (Å²) in [6, 6.07) is 9.95. The Labute approximate surface area is 145 Å². The highest BCUT2D eigenvalue weighted by atomic mass is 16.2. The summed E-state index contributed by atoms with van der Waals surface area (Å²) in [4.78, 5) is 19.0. The van der Waals surface area contributed by atoms with Crippen molar-refractivity contribution in [1.29, 1.82) is 0 Å². The summed E-state index contributed by atoms with van der Waals surface area (Å²) in [5.41, 5.74) is 1.69. The average molecular weight is 336 g/mol. The summed E-state index contributed by atoms with van der Waals surface area (Å²) in [5, 5.41) is 11.3. The summed E-state index contributed by atoms with van der Waals surface area (Å²) in [7, 11) is 0. The second kappa shape index (κ2) is 6.88. The van der Waals surface area contributed by atoms with Crippen molar-refractivity contribution in [3.8, 4) is 0 Å². The molecular weight excluding hydrogens is 316 g/mol. The molecule has 1 N–H and O–H groups in total. The zero-order chi connectivity index (χ0) is 17.1. The van der Waals surface area contributed by atoms with E-state index in [1.54, 1.807) is 6.20 Å². The Kier molecular flexibility index (Phi) is 4.28. The Hall–Kier alpha value is -2.96. The van der Waals surface area contributed by atoms with Crippen LogP contribution in [0.15, 0.2) is 48.9 Å². The molecule has 0 atom stereocenters. The SMILES string of the molecule is O=C(Cc1cn2ccccc2n1)N1CCC(Nc2cccnn2)CC1. The third kappa shape index (κ3) is 3.60. The standard InChI is InChI=1S/C18H20N6O/c25-18(12-15-13-24-9-2-1-5-17(24)21-15)23-10-6-14(7-11-23)20-16-4-3-8-19-22-16/h1-5,8-9,13-14H,6-7,10-12H2,(H,20,22). The van der Waals surface area contributed by atoms with E-state index in [1.165, 1.54) is 0 Å². The molecule has 1 aliphatic rings. The van der Waals surface area contributed by atoms with Gasteiger partial charge in [0.25, 0.3) is 0 Å². The van der Waals surface area contributed by atoms with E-state index >= 15 is 0 Å². The second-order valence-corrected chi connectivity index (χ2v) is 6.28. The van der Waals surface area contributed by atoms with Crippen molar-refractivity contribution in [3.63, 3.8) is 0 Å². The summed E-state index contributed by atoms with van der Waals surface area (Å²) in [5.74, 6) is 0.929. The van der Waals surface area contributed by atoms with E-state index in [0.29, 0.717) is 12.5 Å². The van der Waals surface area contributed by atoms with Crippen LogP contribution in [0.4, 0.5) is 5.82 Å². The van der Waals surface area contributed by atoms with Crippen LogP contribution in [-0.4, -0.2) is 49.5 Å². The number of carbonyl (C=O) groups excluding carboxylic acids is 1. The van der Waals surface area contributed by atoms with Crippen LogP contribution in [-0.2, 0) is 11.2 Å². The quantitative estimate of drug-likeness (QED) is 0.786. The van der Waals surface area contributed by atoms with Crippen molar-refractivity contribution in [2.24, 2.45) is 0 Å². The van der Waals surface area contributed by atoms with Gasteiger partial charge in [-0.25, -0.2) is 4.98 Å². The van der Waals surface area contributed by atoms with Crippen molar-refractivity contribution in [1.82, 2.24) is 24.5 Å². The van der Waals surface area contributed by atoms with Gasteiger partial charge in [0.15, 0.2) is 0 Å². The van der Waals surface area contributed by atoms with Gasteiger partial charge in [-0.3, -0.25) is 4.79 Å². The molecule has 4 heterocycles. The third-order valence-corrected chi connectivity index (χ3v) is 4.52. The number of piperidine rings is 1. The van der Waals surface area contributed by atoms with Crippen LogP contribution in [0.5, 0.6) is 0 Å². The van der Waals surface area contributed by atoms with Crippen LogP contribution in [0.3, 0.4) is 0 Å². The van der Waals surface area contributed by atoms with Gasteiger partial charge in [0, 0.05) is 37.7 Å². The summed E-state index contributed by atoms with van der Waals surface area (Å²) >= 11 is 0. The maximum atomic E-state index is 12.5. The minimum Gasteiger partial charge on any atom is -0.366 e. The van der Waals surface area contributed by atoms with Crippen molar-refractivity contribution in [2.45, 2.75) is 25.3 Å². The fraction of sp³-hybridized carbons (Fsp3) is 0.333. The summed E-state index contributed by atoms with van der Waals surface area (Å²) in [6.07, 6.45) is 7.70. The van der Waals surface area contributed by atoms with Gasteiger partial charge in [0.05, 0.1) is 12.1 Å². The topological polar surface area (TPSA) is 75.4 Å². The molecule has 3 aromatic rings. The van der Waals surface area contributed by atoms with E-state index in [2.05, 4.69) is 20.5 Å². The van der Waals surface area contributed by atoms with Crippen LogP contribution in [0, 0.1) is 0 Å². The highest BCUT2D eigenvalue weighted by Gasteiger charge is 2.23. The van der Waals surface area contributed by atoms with E-state index < -0.39 is 0 Å². The molecule has 0 unspecified atom stereocenters. The van der Waals surface area contributed by atoms with Crippen LogP contribution < -0.4 is 5.32 Å². The minimum atomic E-state index is 0.140. The molecule has 1 aliphatic heterocycles. The lowest BCUT2D eigenvalue weighted by molar-refractivity contribution is -0.131. The van der Waals surface area contributed by atoms with Gasteiger partial charge >= 0.3 is 0 Å². The molecule has 0 radical (unpaired) electrons. The average Bonchev–Trinajstić information content (AvgIpc) is 3.05. The Morgan fingerprint density at radius 1 is 1.20 bits per heavy atom. The lowest BCUT2D eigenvalue weighted by Crippen LogP contribution is -2.43. The maximum absolute atomic E-state index is 12.5. The highest BCUT2D eigenvalue weighted by Crippen LogP contribution is 2.16. The molecule has 0 saturated carbocycles. The predicted octanol–water partition coefficient (Wildman–Crippen LogP) is 1.77. The zero-order valence-electron chi connectivity index (χ0n) is 13.9. The second-order valence-electron chi connectivity index (χ2n) is 6.28. The third-order valence-electron chi connectivity index (χ3n) is 4.52. The van der Waals surface area contributed by atoms with E-state index in [0.717, 1.165) is 43.1 Å². The number of anilines is 1. The van der Waals surface area contributed by atoms with Gasteiger partial charge in [-0.05, 0) is 37.1 Å². The molecule has 1 saturated heterocycles. The minimum absolute atomic E-state index is 0.140. The van der Waals surface area contributed by atoms with E-state index in [-0.39, 0.29) is 5.91 Å². The number of pyridine rings is 1. The number of hydrogen-bond donors (Lipinski definition) is 1. The lowest BCUT2D eigenvalue weighted by atomic mass is 10.0. The number of hydrogen-bond acceptors (Lipinski definition) is 5. The van der Waals surface area contributed by atoms with Crippen LogP contribution in [0.1, 0.15) is 18.5 Å². The first-order chi connectivity index (χ1) is 12.3. The molecule has 1 amide bonds. The van der Waals surface area contributed by atoms with Gasteiger partial charge < -0.3 is 14.6 Å². The molecular formula is C18H20N6O. The van der Waals surface area contributed by atoms with Gasteiger partial charge in [0.1, 0.15) is 11.5 Å². The largest absolute Gasteiger partial charge is 0.366 e. The molecule has 128 valence electrons. The molecule has 4 rings (SSSR count). The Morgan fingerprint density at radius 2 is 2.08 bits per heavy atom. The van der Waals surface area contributed by atoms with Crippen molar-refractivity contribution >= 4 is 17.4 Å². The number of rotatable bonds is 4. The first-order valence-electron chi connectivity index (χ1n) is 8.52. The van der Waals surface area contributed by atoms with Gasteiger partial charge in [0.2, 0.25) is 5.91 Å². The molecule has 7 nitrogen and oxygen atoms in total. The van der Waals surface area contributed by atoms with Gasteiger partial charge in [-0.2, -0.15) is 5.10 Å². The van der Waals surface area contributed by atoms with E-state index in [4.69, 9.17) is 0 Å². The Balaban J connectivity index is 1.32. The molecule has 0 aromatic carbocycles. The molecule has 0 aliphatic carbocycles. The van der Waals surface area contributed by atoms with Gasteiger partial charge in [-0.1, -0.05) is 6.07 Å². The number of fused-ring (bicyclic) bond motifs is 1. The molecule has 0 bridgehead atoms. The number of imidazole rings is 1. The first kappa shape index (κ1) is 15.6. The monoisotopic (exact) mass is 336 g/mol. The number of nitrogens with one attached hydrogen (secondary N) is 1.